The zero-order valence-electron chi connectivity index (χ0n) is 19.2. The van der Waals surface area contributed by atoms with Crippen LogP contribution >= 0.6 is 23.1 Å². The van der Waals surface area contributed by atoms with E-state index in [-0.39, 0.29) is 23.5 Å². The quantitative estimate of drug-likeness (QED) is 0.346. The molecule has 0 saturated heterocycles. The van der Waals surface area contributed by atoms with Crippen LogP contribution in [0.5, 0.6) is 0 Å². The number of quaternary nitrogens is 1. The van der Waals surface area contributed by atoms with Gasteiger partial charge in [-0.15, -0.1) is 21.5 Å². The molecule has 0 radical (unpaired) electrons. The standard InChI is InChI=1S/C24H25FN6OS2/c1-16(30(2)3)22-28-29-24(31(22)13-17-7-5-4-6-8-17)34-15-21(32)27-23-26-20(14-33-23)18-9-11-19(25)12-10-18/h4-12,14,16H,13,15H2,1-3H3,(H,26,27,32)/p+1/t16-/m0/s1. The average Bonchev–Trinajstić information content (AvgIpc) is 3.45. The van der Waals surface area contributed by atoms with Gasteiger partial charge in [0.2, 0.25) is 5.91 Å². The van der Waals surface area contributed by atoms with Crippen LogP contribution in [0.15, 0.2) is 65.1 Å². The highest BCUT2D eigenvalue weighted by molar-refractivity contribution is 7.99. The number of benzene rings is 2. The van der Waals surface area contributed by atoms with Gasteiger partial charge in [-0.2, -0.15) is 0 Å². The van der Waals surface area contributed by atoms with Crippen LogP contribution < -0.4 is 10.2 Å². The Morgan fingerprint density at radius 2 is 1.88 bits per heavy atom. The first-order chi connectivity index (χ1) is 16.4. The summed E-state index contributed by atoms with van der Waals surface area (Å²) in [6, 6.07) is 16.4. The minimum absolute atomic E-state index is 0.152. The molecule has 176 valence electrons. The molecule has 10 heteroatoms. The van der Waals surface area contributed by atoms with E-state index in [2.05, 4.69) is 58.2 Å². The fourth-order valence-corrected chi connectivity index (χ4v) is 4.75. The second kappa shape index (κ2) is 10.9. The molecule has 0 bridgehead atoms. The summed E-state index contributed by atoms with van der Waals surface area (Å²) in [5.74, 6) is 0.596. The highest BCUT2D eigenvalue weighted by Gasteiger charge is 2.23. The van der Waals surface area contributed by atoms with E-state index in [1.807, 2.05) is 23.6 Å². The molecule has 0 aliphatic rings. The number of nitrogens with zero attached hydrogens (tertiary/aromatic N) is 4. The predicted molar refractivity (Wildman–Crippen MR) is 134 cm³/mol. The van der Waals surface area contributed by atoms with Gasteiger partial charge < -0.3 is 10.2 Å². The molecule has 2 aromatic heterocycles. The van der Waals surface area contributed by atoms with Crippen molar-refractivity contribution in [3.05, 3.63) is 77.2 Å². The summed E-state index contributed by atoms with van der Waals surface area (Å²) in [5.41, 5.74) is 2.64. The lowest BCUT2D eigenvalue weighted by Gasteiger charge is -2.18. The lowest BCUT2D eigenvalue weighted by Crippen LogP contribution is -3.05. The minimum atomic E-state index is -0.297. The van der Waals surface area contributed by atoms with Crippen molar-refractivity contribution in [3.8, 4) is 11.3 Å². The molecule has 0 fully saturated rings. The summed E-state index contributed by atoms with van der Waals surface area (Å²) in [6.07, 6.45) is 0. The molecule has 2 heterocycles. The Morgan fingerprint density at radius 3 is 2.59 bits per heavy atom. The molecule has 0 aliphatic heterocycles. The van der Waals surface area contributed by atoms with Gasteiger partial charge in [0.1, 0.15) is 11.9 Å². The smallest absolute Gasteiger partial charge is 0.236 e. The predicted octanol–water partition coefficient (Wildman–Crippen LogP) is 3.53. The number of anilines is 1. The van der Waals surface area contributed by atoms with Crippen LogP contribution in [0.1, 0.15) is 24.4 Å². The van der Waals surface area contributed by atoms with Crippen LogP contribution in [0.4, 0.5) is 9.52 Å². The maximum absolute atomic E-state index is 13.2. The summed E-state index contributed by atoms with van der Waals surface area (Å²) in [5, 5.41) is 14.7. The minimum Gasteiger partial charge on any atom is -0.331 e. The van der Waals surface area contributed by atoms with Crippen LogP contribution in [-0.4, -0.2) is 45.5 Å². The fraction of sp³-hybridized carbons (Fsp3) is 0.250. The fourth-order valence-electron chi connectivity index (χ4n) is 3.27. The third-order valence-corrected chi connectivity index (χ3v) is 7.13. The number of thiazole rings is 1. The van der Waals surface area contributed by atoms with Gasteiger partial charge in [0, 0.05) is 10.9 Å². The van der Waals surface area contributed by atoms with Crippen LogP contribution in [0.3, 0.4) is 0 Å². The summed E-state index contributed by atoms with van der Waals surface area (Å²) in [4.78, 5) is 18.3. The van der Waals surface area contributed by atoms with Crippen LogP contribution in [0.2, 0.25) is 0 Å². The molecule has 2 aromatic carbocycles. The Hall–Kier alpha value is -3.08. The van der Waals surface area contributed by atoms with Crippen molar-refractivity contribution < 1.29 is 14.1 Å². The maximum atomic E-state index is 13.2. The molecule has 0 spiro atoms. The lowest BCUT2D eigenvalue weighted by atomic mass is 10.2. The van der Waals surface area contributed by atoms with Crippen molar-refractivity contribution in [1.82, 2.24) is 19.7 Å². The van der Waals surface area contributed by atoms with Crippen LogP contribution in [0.25, 0.3) is 11.3 Å². The largest absolute Gasteiger partial charge is 0.331 e. The molecule has 34 heavy (non-hydrogen) atoms. The third-order valence-electron chi connectivity index (χ3n) is 5.41. The number of amides is 1. The second-order valence-electron chi connectivity index (χ2n) is 8.09. The molecule has 0 aliphatic carbocycles. The van der Waals surface area contributed by atoms with E-state index < -0.39 is 0 Å². The van der Waals surface area contributed by atoms with Crippen molar-refractivity contribution in [2.75, 3.05) is 25.2 Å². The van der Waals surface area contributed by atoms with Gasteiger partial charge in [0.25, 0.3) is 0 Å². The van der Waals surface area contributed by atoms with Gasteiger partial charge in [-0.25, -0.2) is 9.37 Å². The number of thioether (sulfide) groups is 1. The normalized spacial score (nSPS) is 12.1. The van der Waals surface area contributed by atoms with Crippen molar-refractivity contribution in [2.45, 2.75) is 24.7 Å². The Bertz CT molecular complexity index is 1240. The van der Waals surface area contributed by atoms with Crippen molar-refractivity contribution in [1.29, 1.82) is 0 Å². The monoisotopic (exact) mass is 497 g/mol. The van der Waals surface area contributed by atoms with Crippen molar-refractivity contribution in [2.24, 2.45) is 0 Å². The van der Waals surface area contributed by atoms with Crippen molar-refractivity contribution >= 4 is 34.1 Å². The highest BCUT2D eigenvalue weighted by Crippen LogP contribution is 2.26. The van der Waals surface area contributed by atoms with Gasteiger partial charge in [0.05, 0.1) is 32.1 Å². The van der Waals surface area contributed by atoms with Gasteiger partial charge in [-0.1, -0.05) is 42.1 Å². The molecular weight excluding hydrogens is 471 g/mol. The van der Waals surface area contributed by atoms with E-state index in [0.717, 1.165) is 17.0 Å². The van der Waals surface area contributed by atoms with E-state index in [1.165, 1.54) is 40.1 Å². The third kappa shape index (κ3) is 5.88. The number of nitrogens with one attached hydrogen (secondary N) is 2. The maximum Gasteiger partial charge on any atom is 0.236 e. The molecule has 4 aromatic rings. The van der Waals surface area contributed by atoms with E-state index in [9.17, 15) is 9.18 Å². The molecule has 1 amide bonds. The number of hydrogen-bond acceptors (Lipinski definition) is 6. The van der Waals surface area contributed by atoms with Gasteiger partial charge in [0.15, 0.2) is 16.1 Å². The molecular formula is C24H26FN6OS2+. The Balaban J connectivity index is 1.43. The average molecular weight is 498 g/mol. The molecule has 7 nitrogen and oxygen atoms in total. The number of carbonyl (C=O) groups excluding carboxylic acids is 1. The number of halogens is 1. The number of rotatable bonds is 9. The zero-order chi connectivity index (χ0) is 24.1. The first-order valence-corrected chi connectivity index (χ1v) is 12.7. The Kier molecular flexibility index (Phi) is 7.71. The topological polar surface area (TPSA) is 77.1 Å². The number of aromatic nitrogens is 4. The first kappa shape index (κ1) is 24.1. The van der Waals surface area contributed by atoms with Gasteiger partial charge in [-0.3, -0.25) is 9.36 Å². The molecule has 4 rings (SSSR count). The molecule has 2 N–H and O–H groups in total. The number of carbonyl (C=O) groups is 1. The molecule has 0 unspecified atom stereocenters. The summed E-state index contributed by atoms with van der Waals surface area (Å²) >= 11 is 2.68. The first-order valence-electron chi connectivity index (χ1n) is 10.8. The van der Waals surface area contributed by atoms with E-state index in [1.54, 1.807) is 12.1 Å². The lowest BCUT2D eigenvalue weighted by molar-refractivity contribution is -0.890. The summed E-state index contributed by atoms with van der Waals surface area (Å²) in [7, 11) is 4.17. The molecule has 1 atom stereocenters. The summed E-state index contributed by atoms with van der Waals surface area (Å²) in [6.45, 7) is 2.75. The van der Waals surface area contributed by atoms with E-state index >= 15 is 0 Å². The molecule has 0 saturated carbocycles. The van der Waals surface area contributed by atoms with E-state index in [0.29, 0.717) is 22.5 Å². The van der Waals surface area contributed by atoms with Gasteiger partial charge in [-0.05, 0) is 36.8 Å². The SMILES string of the molecule is C[C@@H](c1nnc(SCC(=O)Nc2nc(-c3ccc(F)cc3)cs2)n1Cc1ccccc1)[NH+](C)C. The van der Waals surface area contributed by atoms with Gasteiger partial charge >= 0.3 is 0 Å². The van der Waals surface area contributed by atoms with Crippen LogP contribution in [0, 0.1) is 5.82 Å². The highest BCUT2D eigenvalue weighted by atomic mass is 32.2. The summed E-state index contributed by atoms with van der Waals surface area (Å²) < 4.78 is 15.2. The second-order valence-corrected chi connectivity index (χ2v) is 9.89. The van der Waals surface area contributed by atoms with E-state index in [4.69, 9.17) is 0 Å². The zero-order valence-corrected chi connectivity index (χ0v) is 20.8. The number of hydrogen-bond donors (Lipinski definition) is 2. The Labute approximate surface area is 206 Å². The van der Waals surface area contributed by atoms with Crippen molar-refractivity contribution in [3.63, 3.8) is 0 Å². The van der Waals surface area contributed by atoms with Crippen LogP contribution in [-0.2, 0) is 11.3 Å². The Morgan fingerprint density at radius 1 is 1.15 bits per heavy atom.